The van der Waals surface area contributed by atoms with Gasteiger partial charge in [-0.1, -0.05) is 12.1 Å². The van der Waals surface area contributed by atoms with Gasteiger partial charge in [0.1, 0.15) is 0 Å². The molecule has 2 fully saturated rings. The molecule has 1 aromatic heterocycles. The second kappa shape index (κ2) is 8.14. The lowest BCUT2D eigenvalue weighted by molar-refractivity contribution is -0.119. The van der Waals surface area contributed by atoms with Crippen molar-refractivity contribution in [3.05, 3.63) is 29.6 Å². The number of ether oxygens (including phenoxy) is 1. The number of aromatic nitrogens is 1. The maximum atomic E-state index is 12.0. The average molecular weight is 381 g/mol. The molecule has 2 N–H and O–H groups in total. The van der Waals surface area contributed by atoms with Crippen LogP contribution in [0.1, 0.15) is 6.42 Å². The van der Waals surface area contributed by atoms with Crippen molar-refractivity contribution in [1.82, 2.24) is 10.3 Å². The molecule has 6 nitrogen and oxygen atoms in total. The molecule has 0 bridgehead atoms. The highest BCUT2D eigenvalue weighted by Gasteiger charge is 2.25. The number of anilines is 2. The zero-order valence-electron chi connectivity index (χ0n) is 13.7. The Hall–Kier alpha value is -1.67. The minimum atomic E-state index is -0.0676. The van der Waals surface area contributed by atoms with Crippen LogP contribution < -0.4 is 15.5 Å². The number of halogens is 1. The number of hydrogen-bond acceptors (Lipinski definition) is 6. The molecule has 134 valence electrons. The first-order valence-corrected chi connectivity index (χ1v) is 9.10. The molecule has 0 spiro atoms. The standard InChI is InChI=1S/C17H20N4O2S.ClH/c22-16(14-4-5-18-14)20-17-19-15(11-24-17)12-2-1-3-13(10-12)21-6-8-23-9-7-21;/h1-3,10-11,14,18H,4-9H2,(H,19,20,22);1H/t14-;/m0./s1. The number of carbonyl (C=O) groups excluding carboxylic acids is 1. The van der Waals surface area contributed by atoms with Gasteiger partial charge in [-0.05, 0) is 25.1 Å². The van der Waals surface area contributed by atoms with Crippen molar-refractivity contribution < 1.29 is 9.53 Å². The summed E-state index contributed by atoms with van der Waals surface area (Å²) in [6.45, 7) is 4.28. The van der Waals surface area contributed by atoms with Gasteiger partial charge in [-0.25, -0.2) is 4.98 Å². The molecule has 2 aliphatic rings. The lowest BCUT2D eigenvalue weighted by Gasteiger charge is -2.29. The zero-order valence-corrected chi connectivity index (χ0v) is 15.4. The van der Waals surface area contributed by atoms with Gasteiger partial charge < -0.3 is 20.3 Å². The molecule has 25 heavy (non-hydrogen) atoms. The lowest BCUT2D eigenvalue weighted by atomic mass is 10.1. The van der Waals surface area contributed by atoms with Crippen molar-refractivity contribution in [3.8, 4) is 11.3 Å². The second-order valence-electron chi connectivity index (χ2n) is 5.97. The summed E-state index contributed by atoms with van der Waals surface area (Å²) >= 11 is 1.46. The number of rotatable bonds is 4. The molecule has 0 aliphatic carbocycles. The SMILES string of the molecule is Cl.O=C(Nc1nc(-c2cccc(N3CCOCC3)c2)cs1)[C@@H]1CCN1. The van der Waals surface area contributed by atoms with Gasteiger partial charge in [-0.15, -0.1) is 23.7 Å². The van der Waals surface area contributed by atoms with E-state index in [1.807, 2.05) is 5.38 Å². The van der Waals surface area contributed by atoms with Crippen LogP contribution in [-0.4, -0.2) is 49.8 Å². The van der Waals surface area contributed by atoms with Crippen LogP contribution in [0, 0.1) is 0 Å². The first-order valence-electron chi connectivity index (χ1n) is 8.22. The zero-order chi connectivity index (χ0) is 16.4. The minimum absolute atomic E-state index is 0. The van der Waals surface area contributed by atoms with Crippen molar-refractivity contribution >= 4 is 40.5 Å². The maximum Gasteiger partial charge on any atom is 0.243 e. The molecular formula is C17H21ClN4O2S. The van der Waals surface area contributed by atoms with Gasteiger partial charge in [0.25, 0.3) is 0 Å². The summed E-state index contributed by atoms with van der Waals surface area (Å²) in [5.74, 6) is 0.00391. The number of morpholine rings is 1. The van der Waals surface area contributed by atoms with E-state index >= 15 is 0 Å². The Morgan fingerprint density at radius 2 is 2.16 bits per heavy atom. The number of hydrogen-bond donors (Lipinski definition) is 2. The summed E-state index contributed by atoms with van der Waals surface area (Å²) in [5.41, 5.74) is 3.15. The van der Waals surface area contributed by atoms with Crippen LogP contribution in [0.25, 0.3) is 11.3 Å². The molecular weight excluding hydrogens is 360 g/mol. The van der Waals surface area contributed by atoms with Crippen LogP contribution >= 0.6 is 23.7 Å². The van der Waals surface area contributed by atoms with Crippen LogP contribution in [0.4, 0.5) is 10.8 Å². The van der Waals surface area contributed by atoms with E-state index in [-0.39, 0.29) is 24.4 Å². The highest BCUT2D eigenvalue weighted by atomic mass is 35.5. The van der Waals surface area contributed by atoms with Crippen LogP contribution in [0.5, 0.6) is 0 Å². The predicted molar refractivity (Wildman–Crippen MR) is 103 cm³/mol. The maximum absolute atomic E-state index is 12.0. The van der Waals surface area contributed by atoms with Crippen LogP contribution in [0.3, 0.4) is 0 Å². The van der Waals surface area contributed by atoms with Gasteiger partial charge in [-0.2, -0.15) is 0 Å². The molecule has 1 aromatic carbocycles. The van der Waals surface area contributed by atoms with E-state index < -0.39 is 0 Å². The molecule has 1 amide bonds. The highest BCUT2D eigenvalue weighted by Crippen LogP contribution is 2.28. The van der Waals surface area contributed by atoms with Gasteiger partial charge in [0.05, 0.1) is 24.9 Å². The number of nitrogens with zero attached hydrogens (tertiary/aromatic N) is 2. The van der Waals surface area contributed by atoms with E-state index in [0.29, 0.717) is 5.13 Å². The monoisotopic (exact) mass is 380 g/mol. The largest absolute Gasteiger partial charge is 0.378 e. The van der Waals surface area contributed by atoms with Gasteiger partial charge in [0.2, 0.25) is 5.91 Å². The van der Waals surface area contributed by atoms with Crippen molar-refractivity contribution in [2.45, 2.75) is 12.5 Å². The Morgan fingerprint density at radius 3 is 2.88 bits per heavy atom. The van der Waals surface area contributed by atoms with Gasteiger partial charge in [0.15, 0.2) is 5.13 Å². The smallest absolute Gasteiger partial charge is 0.243 e. The summed E-state index contributed by atoms with van der Waals surface area (Å²) in [7, 11) is 0. The fourth-order valence-corrected chi connectivity index (χ4v) is 3.57. The number of amides is 1. The van der Waals surface area contributed by atoms with Crippen LogP contribution in [0.15, 0.2) is 29.6 Å². The Kier molecular flexibility index (Phi) is 5.90. The van der Waals surface area contributed by atoms with Gasteiger partial charge in [0, 0.05) is 29.7 Å². The molecule has 8 heteroatoms. The Balaban J connectivity index is 0.00000182. The number of nitrogens with one attached hydrogen (secondary N) is 2. The molecule has 4 rings (SSSR count). The molecule has 2 saturated heterocycles. The summed E-state index contributed by atoms with van der Waals surface area (Å²) in [6, 6.07) is 8.31. The predicted octanol–water partition coefficient (Wildman–Crippen LogP) is 2.37. The van der Waals surface area contributed by atoms with E-state index in [9.17, 15) is 4.79 Å². The molecule has 2 aliphatic heterocycles. The fourth-order valence-electron chi connectivity index (χ4n) is 2.85. The molecule has 0 saturated carbocycles. The van der Waals surface area contributed by atoms with Crippen molar-refractivity contribution in [1.29, 1.82) is 0 Å². The van der Waals surface area contributed by atoms with Crippen molar-refractivity contribution in [3.63, 3.8) is 0 Å². The highest BCUT2D eigenvalue weighted by molar-refractivity contribution is 7.14. The summed E-state index contributed by atoms with van der Waals surface area (Å²) in [6.07, 6.45) is 0.895. The molecule has 0 radical (unpaired) electrons. The third-order valence-electron chi connectivity index (χ3n) is 4.39. The molecule has 2 aromatic rings. The number of thiazole rings is 1. The van der Waals surface area contributed by atoms with Crippen molar-refractivity contribution in [2.75, 3.05) is 43.1 Å². The van der Waals surface area contributed by atoms with E-state index in [4.69, 9.17) is 4.74 Å². The first kappa shape index (κ1) is 18.1. The molecule has 3 heterocycles. The summed E-state index contributed by atoms with van der Waals surface area (Å²) in [5, 5.41) is 8.63. The Labute approximate surface area is 157 Å². The fraction of sp³-hybridized carbons (Fsp3) is 0.412. The topological polar surface area (TPSA) is 66.5 Å². The van der Waals surface area contributed by atoms with E-state index in [1.165, 1.54) is 17.0 Å². The Bertz CT molecular complexity index is 729. The van der Waals surface area contributed by atoms with Gasteiger partial charge >= 0.3 is 0 Å². The molecule has 1 atom stereocenters. The summed E-state index contributed by atoms with van der Waals surface area (Å²) in [4.78, 5) is 18.9. The first-order chi connectivity index (χ1) is 11.8. The van der Waals surface area contributed by atoms with Crippen molar-refractivity contribution in [2.24, 2.45) is 0 Å². The number of benzene rings is 1. The summed E-state index contributed by atoms with van der Waals surface area (Å²) < 4.78 is 5.41. The second-order valence-corrected chi connectivity index (χ2v) is 6.83. The average Bonchev–Trinajstić information content (AvgIpc) is 3.02. The Morgan fingerprint density at radius 1 is 1.36 bits per heavy atom. The van der Waals surface area contributed by atoms with E-state index in [2.05, 4.69) is 44.8 Å². The normalized spacial score (nSPS) is 19.7. The number of carbonyl (C=O) groups is 1. The molecule has 0 unspecified atom stereocenters. The van der Waals surface area contributed by atoms with E-state index in [1.54, 1.807) is 0 Å². The van der Waals surface area contributed by atoms with Crippen LogP contribution in [0.2, 0.25) is 0 Å². The van der Waals surface area contributed by atoms with Crippen LogP contribution in [-0.2, 0) is 9.53 Å². The quantitative estimate of drug-likeness (QED) is 0.852. The lowest BCUT2D eigenvalue weighted by Crippen LogP contribution is -2.50. The minimum Gasteiger partial charge on any atom is -0.378 e. The van der Waals surface area contributed by atoms with E-state index in [0.717, 1.165) is 50.5 Å². The third-order valence-corrected chi connectivity index (χ3v) is 5.15. The third kappa shape index (κ3) is 4.12. The van der Waals surface area contributed by atoms with Gasteiger partial charge in [-0.3, -0.25) is 4.79 Å².